The molecule has 0 aliphatic heterocycles. The third kappa shape index (κ3) is 1.72. The number of hydrogen-bond acceptors (Lipinski definition) is 1. The summed E-state index contributed by atoms with van der Waals surface area (Å²) in [6.45, 7) is 0. The van der Waals surface area contributed by atoms with Crippen molar-refractivity contribution in [2.45, 2.75) is 25.4 Å². The van der Waals surface area contributed by atoms with E-state index in [0.717, 1.165) is 18.4 Å². The highest BCUT2D eigenvalue weighted by molar-refractivity contribution is 6.31. The van der Waals surface area contributed by atoms with Gasteiger partial charge in [0.2, 0.25) is 0 Å². The average Bonchev–Trinajstić information content (AvgIpc) is 2.01. The van der Waals surface area contributed by atoms with Gasteiger partial charge in [0.25, 0.3) is 0 Å². The predicted octanol–water partition coefficient (Wildman–Crippen LogP) is 3.17. The Bertz CT molecular complexity index is 294. The highest BCUT2D eigenvalue weighted by Gasteiger charge is 2.27. The Kier molecular flexibility index (Phi) is 2.56. The largest absolute Gasteiger partial charge is 0.388 e. The highest BCUT2D eigenvalue weighted by atomic mass is 35.5. The van der Waals surface area contributed by atoms with Gasteiger partial charge in [-0.15, -0.1) is 0 Å². The van der Waals surface area contributed by atoms with Crippen LogP contribution in [0.15, 0.2) is 24.3 Å². The average molecular weight is 197 g/mol. The highest BCUT2D eigenvalue weighted by Crippen LogP contribution is 2.39. The summed E-state index contributed by atoms with van der Waals surface area (Å²) in [6, 6.07) is 7.55. The normalized spacial score (nSPS) is 19.5. The molecule has 1 fully saturated rings. The van der Waals surface area contributed by atoms with Gasteiger partial charge in [-0.05, 0) is 30.4 Å². The standard InChI is InChI=1S/C11H13ClO/c12-10-7-2-1-6-9(10)11(13)8-4-3-5-8/h1-2,6-8,11,13H,3-5H2. The quantitative estimate of drug-likeness (QED) is 0.771. The molecule has 2 heteroatoms. The molecule has 1 aliphatic rings. The zero-order valence-electron chi connectivity index (χ0n) is 7.41. The van der Waals surface area contributed by atoms with Crippen LogP contribution in [0.5, 0.6) is 0 Å². The summed E-state index contributed by atoms with van der Waals surface area (Å²) in [5.41, 5.74) is 0.883. The predicted molar refractivity (Wildman–Crippen MR) is 53.8 cm³/mol. The number of aliphatic hydroxyl groups excluding tert-OH is 1. The third-order valence-corrected chi connectivity index (χ3v) is 3.16. The maximum absolute atomic E-state index is 9.94. The topological polar surface area (TPSA) is 20.2 Å². The molecule has 2 rings (SSSR count). The summed E-state index contributed by atoms with van der Waals surface area (Å²) in [7, 11) is 0. The molecule has 0 amide bonds. The van der Waals surface area contributed by atoms with Crippen LogP contribution in [-0.2, 0) is 0 Å². The Balaban J connectivity index is 2.18. The minimum absolute atomic E-state index is 0.359. The van der Waals surface area contributed by atoms with Crippen molar-refractivity contribution < 1.29 is 5.11 Å². The first-order chi connectivity index (χ1) is 6.29. The van der Waals surface area contributed by atoms with E-state index in [1.165, 1.54) is 6.42 Å². The first-order valence-electron chi connectivity index (χ1n) is 4.71. The van der Waals surface area contributed by atoms with Gasteiger partial charge in [0.1, 0.15) is 0 Å². The first kappa shape index (κ1) is 9.04. The summed E-state index contributed by atoms with van der Waals surface area (Å²) >= 11 is 5.98. The van der Waals surface area contributed by atoms with Gasteiger partial charge in [-0.2, -0.15) is 0 Å². The van der Waals surface area contributed by atoms with Gasteiger partial charge >= 0.3 is 0 Å². The number of hydrogen-bond donors (Lipinski definition) is 1. The minimum atomic E-state index is -0.359. The van der Waals surface area contributed by atoms with E-state index in [2.05, 4.69) is 0 Å². The smallest absolute Gasteiger partial charge is 0.0832 e. The lowest BCUT2D eigenvalue weighted by atomic mass is 9.79. The van der Waals surface area contributed by atoms with Crippen LogP contribution in [0.2, 0.25) is 5.02 Å². The molecular formula is C11H13ClO. The zero-order chi connectivity index (χ0) is 9.26. The zero-order valence-corrected chi connectivity index (χ0v) is 8.17. The molecule has 1 atom stereocenters. The minimum Gasteiger partial charge on any atom is -0.388 e. The molecule has 0 aromatic heterocycles. The molecule has 1 aromatic rings. The molecule has 0 saturated heterocycles. The van der Waals surface area contributed by atoms with Crippen LogP contribution in [0, 0.1) is 5.92 Å². The third-order valence-electron chi connectivity index (χ3n) is 2.82. The number of rotatable bonds is 2. The second-order valence-electron chi connectivity index (χ2n) is 3.66. The van der Waals surface area contributed by atoms with Crippen molar-refractivity contribution in [3.05, 3.63) is 34.9 Å². The molecular weight excluding hydrogens is 184 g/mol. The van der Waals surface area contributed by atoms with Crippen molar-refractivity contribution in [3.63, 3.8) is 0 Å². The number of halogens is 1. The van der Waals surface area contributed by atoms with Crippen molar-refractivity contribution >= 4 is 11.6 Å². The van der Waals surface area contributed by atoms with Crippen LogP contribution in [0.4, 0.5) is 0 Å². The van der Waals surface area contributed by atoms with Gasteiger partial charge in [-0.3, -0.25) is 0 Å². The Morgan fingerprint density at radius 1 is 1.31 bits per heavy atom. The SMILES string of the molecule is OC(c1ccccc1Cl)C1CCC1. The molecule has 70 valence electrons. The molecule has 1 aromatic carbocycles. The van der Waals surface area contributed by atoms with Crippen molar-refractivity contribution in [2.75, 3.05) is 0 Å². The Morgan fingerprint density at radius 2 is 2.00 bits per heavy atom. The van der Waals surface area contributed by atoms with Gasteiger partial charge in [-0.25, -0.2) is 0 Å². The van der Waals surface area contributed by atoms with Crippen molar-refractivity contribution in [1.82, 2.24) is 0 Å². The van der Waals surface area contributed by atoms with Crippen molar-refractivity contribution in [3.8, 4) is 0 Å². The van der Waals surface area contributed by atoms with Crippen molar-refractivity contribution in [1.29, 1.82) is 0 Å². The van der Waals surface area contributed by atoms with Gasteiger partial charge < -0.3 is 5.11 Å². The monoisotopic (exact) mass is 196 g/mol. The van der Waals surface area contributed by atoms with Crippen LogP contribution in [0.1, 0.15) is 30.9 Å². The van der Waals surface area contributed by atoms with E-state index in [-0.39, 0.29) is 6.10 Å². The van der Waals surface area contributed by atoms with Crippen LogP contribution < -0.4 is 0 Å². The molecule has 0 heterocycles. The fourth-order valence-corrected chi connectivity index (χ4v) is 1.97. The summed E-state index contributed by atoms with van der Waals surface area (Å²) < 4.78 is 0. The van der Waals surface area contributed by atoms with E-state index in [9.17, 15) is 5.11 Å². The molecule has 0 radical (unpaired) electrons. The molecule has 1 N–H and O–H groups in total. The maximum Gasteiger partial charge on any atom is 0.0832 e. The van der Waals surface area contributed by atoms with Gasteiger partial charge in [-0.1, -0.05) is 36.2 Å². The van der Waals surface area contributed by atoms with E-state index in [1.54, 1.807) is 0 Å². The second-order valence-corrected chi connectivity index (χ2v) is 4.06. The molecule has 0 bridgehead atoms. The summed E-state index contributed by atoms with van der Waals surface area (Å²) in [6.07, 6.45) is 3.15. The Hall–Kier alpha value is -0.530. The van der Waals surface area contributed by atoms with E-state index >= 15 is 0 Å². The van der Waals surface area contributed by atoms with Crippen LogP contribution in [0.3, 0.4) is 0 Å². The van der Waals surface area contributed by atoms with Crippen LogP contribution in [0.25, 0.3) is 0 Å². The summed E-state index contributed by atoms with van der Waals surface area (Å²) in [4.78, 5) is 0. The fraction of sp³-hybridized carbons (Fsp3) is 0.455. The molecule has 1 unspecified atom stereocenters. The van der Waals surface area contributed by atoms with Crippen LogP contribution >= 0.6 is 11.6 Å². The van der Waals surface area contributed by atoms with E-state index in [0.29, 0.717) is 10.9 Å². The Morgan fingerprint density at radius 3 is 2.54 bits per heavy atom. The number of benzene rings is 1. The summed E-state index contributed by atoms with van der Waals surface area (Å²) in [5, 5.41) is 10.6. The fourth-order valence-electron chi connectivity index (χ4n) is 1.72. The van der Waals surface area contributed by atoms with Crippen molar-refractivity contribution in [2.24, 2.45) is 5.92 Å². The lowest BCUT2D eigenvalue weighted by Crippen LogP contribution is -2.20. The molecule has 1 aliphatic carbocycles. The van der Waals surface area contributed by atoms with Gasteiger partial charge in [0.05, 0.1) is 6.10 Å². The lowest BCUT2D eigenvalue weighted by molar-refractivity contribution is 0.0622. The van der Waals surface area contributed by atoms with Crippen LogP contribution in [-0.4, -0.2) is 5.11 Å². The lowest BCUT2D eigenvalue weighted by Gasteiger charge is -2.30. The van der Waals surface area contributed by atoms with Gasteiger partial charge in [0.15, 0.2) is 0 Å². The molecule has 0 spiro atoms. The van der Waals surface area contributed by atoms with E-state index in [1.807, 2.05) is 24.3 Å². The molecule has 1 nitrogen and oxygen atoms in total. The van der Waals surface area contributed by atoms with E-state index in [4.69, 9.17) is 11.6 Å². The molecule has 13 heavy (non-hydrogen) atoms. The maximum atomic E-state index is 9.94. The second kappa shape index (κ2) is 3.69. The number of aliphatic hydroxyl groups is 1. The first-order valence-corrected chi connectivity index (χ1v) is 5.09. The van der Waals surface area contributed by atoms with Gasteiger partial charge in [0, 0.05) is 5.02 Å². The Labute approximate surface area is 83.3 Å². The van der Waals surface area contributed by atoms with E-state index < -0.39 is 0 Å². The summed E-state index contributed by atoms with van der Waals surface area (Å²) in [5.74, 6) is 0.430. The molecule has 1 saturated carbocycles.